The fourth-order valence-corrected chi connectivity index (χ4v) is 8.91. The van der Waals surface area contributed by atoms with Crippen LogP contribution in [-0.2, 0) is 68.6 Å². The Morgan fingerprint density at radius 1 is 0.811 bits per heavy atom. The number of likely N-dealkylation sites (N-methyl/N-ethyl adjacent to an activating group) is 2. The molecule has 0 spiro atoms. The minimum atomic E-state index is -1.14. The molecule has 1 aliphatic heterocycles. The van der Waals surface area contributed by atoms with Crippen LogP contribution in [0.3, 0.4) is 0 Å². The van der Waals surface area contributed by atoms with E-state index in [4.69, 9.17) is 18.9 Å². The number of Topliss-reactive ketones (excluding diaryl/α,β-unsaturated/α-hetero) is 2. The monoisotopic (exact) mass is 1040 g/mol. The molecule has 74 heavy (non-hydrogen) atoms. The van der Waals surface area contributed by atoms with Crippen molar-refractivity contribution in [2.45, 2.75) is 173 Å². The summed E-state index contributed by atoms with van der Waals surface area (Å²) in [4.78, 5) is 116. The lowest BCUT2D eigenvalue weighted by Crippen LogP contribution is -2.56. The third-order valence-corrected chi connectivity index (χ3v) is 13.4. The van der Waals surface area contributed by atoms with E-state index in [-0.39, 0.29) is 86.1 Å². The molecule has 1 aromatic carbocycles. The molecule has 19 nitrogen and oxygen atoms in total. The molecule has 3 rings (SSSR count). The first kappa shape index (κ1) is 62.5. The largest absolute Gasteiger partial charge is 0.516 e. The van der Waals surface area contributed by atoms with Crippen LogP contribution in [0.4, 0.5) is 4.79 Å². The van der Waals surface area contributed by atoms with Gasteiger partial charge in [0.05, 0.1) is 37.6 Å². The number of benzene rings is 1. The van der Waals surface area contributed by atoms with E-state index in [9.17, 15) is 43.2 Å². The highest BCUT2D eigenvalue weighted by Gasteiger charge is 2.41. The summed E-state index contributed by atoms with van der Waals surface area (Å²) in [5, 5.41) is 12.1. The van der Waals surface area contributed by atoms with Crippen LogP contribution in [0.5, 0.6) is 0 Å². The predicted molar refractivity (Wildman–Crippen MR) is 276 cm³/mol. The first-order valence-electron chi connectivity index (χ1n) is 26.2. The van der Waals surface area contributed by atoms with Crippen molar-refractivity contribution in [2.75, 3.05) is 40.8 Å². The van der Waals surface area contributed by atoms with E-state index in [1.54, 1.807) is 50.3 Å². The molecule has 412 valence electrons. The van der Waals surface area contributed by atoms with E-state index >= 15 is 0 Å². The van der Waals surface area contributed by atoms with E-state index in [0.29, 0.717) is 70.9 Å². The van der Waals surface area contributed by atoms with Gasteiger partial charge < -0.3 is 45.0 Å². The molecule has 4 N–H and O–H groups in total. The number of cyclic esters (lactones) is 1. The van der Waals surface area contributed by atoms with Crippen LogP contribution in [0, 0.1) is 17.8 Å². The van der Waals surface area contributed by atoms with Crippen LogP contribution >= 0.6 is 0 Å². The molecule has 0 bridgehead atoms. The zero-order chi connectivity index (χ0) is 54.6. The molecule has 1 heterocycles. The van der Waals surface area contributed by atoms with Gasteiger partial charge in [-0.3, -0.25) is 38.5 Å². The minimum absolute atomic E-state index is 0.0235. The number of ether oxygens (including phenoxy) is 5. The number of hydrogen-bond donors (Lipinski definition) is 4. The van der Waals surface area contributed by atoms with Gasteiger partial charge in [-0.25, -0.2) is 9.59 Å². The summed E-state index contributed by atoms with van der Waals surface area (Å²) in [5.41, 5.74) is -0.0160. The Kier molecular flexibility index (Phi) is 28.0. The molecule has 0 radical (unpaired) electrons. The number of allylic oxidation sites excluding steroid dienone is 2. The third kappa shape index (κ3) is 24.5. The molecule has 1 saturated carbocycles. The second-order valence-electron chi connectivity index (χ2n) is 20.3. The Hall–Kier alpha value is -5.79. The van der Waals surface area contributed by atoms with E-state index in [0.717, 1.165) is 18.4 Å². The average Bonchev–Trinajstić information content (AvgIpc) is 3.74. The number of ketones is 2. The number of nitrogens with one attached hydrogen (secondary N) is 4. The highest BCUT2D eigenvalue weighted by atomic mass is 16.7. The maximum Gasteiger partial charge on any atom is 0.516 e. The number of esters is 4. The average molecular weight is 1040 g/mol. The van der Waals surface area contributed by atoms with Gasteiger partial charge in [0, 0.05) is 49.4 Å². The number of carbonyl (C=O) groups excluding carboxylic acids is 9. The maximum absolute atomic E-state index is 13.8. The summed E-state index contributed by atoms with van der Waals surface area (Å²) >= 11 is 0. The summed E-state index contributed by atoms with van der Waals surface area (Å²) in [6.07, 6.45) is 10.2. The van der Waals surface area contributed by atoms with Crippen molar-refractivity contribution in [3.63, 3.8) is 0 Å². The van der Waals surface area contributed by atoms with E-state index in [2.05, 4.69) is 38.2 Å². The van der Waals surface area contributed by atoms with Crippen LogP contribution in [0.25, 0.3) is 0 Å². The Labute approximate surface area is 437 Å². The Morgan fingerprint density at radius 2 is 1.45 bits per heavy atom. The zero-order valence-corrected chi connectivity index (χ0v) is 44.9. The van der Waals surface area contributed by atoms with Gasteiger partial charge in [0.1, 0.15) is 24.6 Å². The first-order chi connectivity index (χ1) is 35.2. The number of carbonyl (C=O) groups is 9. The number of unbranched alkanes of at least 4 members (excludes halogenated alkanes) is 2. The molecule has 8 atom stereocenters. The van der Waals surface area contributed by atoms with Gasteiger partial charge in [-0.1, -0.05) is 49.4 Å². The Morgan fingerprint density at radius 3 is 2.07 bits per heavy atom. The molecule has 2 amide bonds. The summed E-state index contributed by atoms with van der Waals surface area (Å²) in [6.45, 7) is 9.68. The Bertz CT molecular complexity index is 2060. The highest BCUT2D eigenvalue weighted by molar-refractivity contribution is 5.88. The SMILES string of the molecule is CNC(CCCCNC(=O)CCC(=O)OC1/C=C/C(=O)OC(C)CCC/C=C/C2CC(OC(=O)CN(C)C)CC21)C(=O)C(C)C(C)(C)NC(CCCCNC(=O)CCC(=O)OC(=O)OCc1ccccc1)C(C)=O. The number of amides is 2. The van der Waals surface area contributed by atoms with Gasteiger partial charge in [-0.15, -0.1) is 0 Å². The number of fused-ring (bicyclic) bond motifs is 1. The van der Waals surface area contributed by atoms with Crippen molar-refractivity contribution in [2.24, 2.45) is 17.8 Å². The van der Waals surface area contributed by atoms with Crippen molar-refractivity contribution in [3.8, 4) is 0 Å². The predicted octanol–water partition coefficient (Wildman–Crippen LogP) is 5.76. The maximum atomic E-state index is 13.8. The molecule has 1 aromatic rings. The normalized spacial score (nSPS) is 21.1. The lowest BCUT2D eigenvalue weighted by atomic mass is 9.81. The minimum Gasteiger partial charge on any atom is -0.461 e. The van der Waals surface area contributed by atoms with E-state index in [1.165, 1.54) is 19.1 Å². The molecule has 2 aliphatic rings. The summed E-state index contributed by atoms with van der Waals surface area (Å²) in [6, 6.07) is 7.90. The summed E-state index contributed by atoms with van der Waals surface area (Å²) < 4.78 is 26.8. The van der Waals surface area contributed by atoms with Crippen LogP contribution in [0.1, 0.15) is 136 Å². The van der Waals surface area contributed by atoms with Crippen LogP contribution in [0.2, 0.25) is 0 Å². The van der Waals surface area contributed by atoms with Gasteiger partial charge in [0.25, 0.3) is 0 Å². The van der Waals surface area contributed by atoms with E-state index < -0.39 is 59.8 Å². The number of nitrogens with zero attached hydrogens (tertiary/aromatic N) is 1. The standard InChI is InChI=1S/C55H83N5O14/c1-37-19-11-9-14-22-41-33-42(72-52(67)35-60(7)8)34-43(41)46(25-28-49(64)71-37)73-50(65)29-26-47(62)58-32-18-16-24-45(56-6)53(68)38(2)55(4,5)59-44(39(3)61)23-15-17-31-57-48(63)27-30-51(66)74-54(69)70-36-40-20-12-10-13-21-40/h10,12-14,20-22,25,28,37-38,41-46,56,59H,9,11,15-19,23-24,26-27,29-36H2,1-8H3,(H,57,63)(H,58,62)/b22-14+,28-25+. The molecular formula is C55H83N5O14. The van der Waals surface area contributed by atoms with Crippen molar-refractivity contribution in [1.29, 1.82) is 0 Å². The fourth-order valence-electron chi connectivity index (χ4n) is 8.91. The van der Waals surface area contributed by atoms with Crippen molar-refractivity contribution < 1.29 is 66.8 Å². The molecule has 0 aromatic heterocycles. The molecule has 1 fully saturated rings. The molecule has 8 unspecified atom stereocenters. The third-order valence-electron chi connectivity index (χ3n) is 13.4. The van der Waals surface area contributed by atoms with Gasteiger partial charge in [-0.05, 0) is 137 Å². The molecule has 19 heteroatoms. The fraction of sp³-hybridized carbons (Fsp3) is 0.655. The molecule has 0 saturated heterocycles. The molecule has 1 aliphatic carbocycles. The lowest BCUT2D eigenvalue weighted by Gasteiger charge is -2.37. The van der Waals surface area contributed by atoms with Crippen LogP contribution in [0.15, 0.2) is 54.6 Å². The van der Waals surface area contributed by atoms with Crippen molar-refractivity contribution in [3.05, 3.63) is 60.2 Å². The van der Waals surface area contributed by atoms with Crippen molar-refractivity contribution >= 4 is 53.4 Å². The quantitative estimate of drug-likeness (QED) is 0.0245. The first-order valence-corrected chi connectivity index (χ1v) is 26.2. The smallest absolute Gasteiger partial charge is 0.461 e. The van der Waals surface area contributed by atoms with E-state index in [1.807, 2.05) is 33.8 Å². The van der Waals surface area contributed by atoms with Crippen molar-refractivity contribution in [1.82, 2.24) is 26.2 Å². The van der Waals surface area contributed by atoms with Gasteiger partial charge in [0.15, 0.2) is 5.78 Å². The van der Waals surface area contributed by atoms with Crippen LogP contribution in [-0.4, -0.2) is 135 Å². The number of hydrogen-bond acceptors (Lipinski definition) is 17. The highest BCUT2D eigenvalue weighted by Crippen LogP contribution is 2.39. The summed E-state index contributed by atoms with van der Waals surface area (Å²) in [7, 11) is 5.29. The summed E-state index contributed by atoms with van der Waals surface area (Å²) in [5.74, 6) is -4.03. The second-order valence-corrected chi connectivity index (χ2v) is 20.3. The lowest BCUT2D eigenvalue weighted by molar-refractivity contribution is -0.152. The number of rotatable bonds is 29. The van der Waals surface area contributed by atoms with Gasteiger partial charge in [0.2, 0.25) is 11.8 Å². The topological polar surface area (TPSA) is 251 Å². The Balaban J connectivity index is 1.39. The second kappa shape index (κ2) is 33.2. The zero-order valence-electron chi connectivity index (χ0n) is 44.9. The van der Waals surface area contributed by atoms with Gasteiger partial charge in [-0.2, -0.15) is 0 Å². The molecular weight excluding hydrogens is 955 g/mol. The van der Waals surface area contributed by atoms with Gasteiger partial charge >= 0.3 is 30.0 Å². The van der Waals surface area contributed by atoms with Crippen LogP contribution < -0.4 is 21.3 Å².